The Kier molecular flexibility index (Phi) is 5.82. The van der Waals surface area contributed by atoms with Gasteiger partial charge in [-0.25, -0.2) is 0 Å². The van der Waals surface area contributed by atoms with E-state index in [1.165, 1.54) is 16.0 Å². The smallest absolute Gasteiger partial charge is 0.293 e. The van der Waals surface area contributed by atoms with Gasteiger partial charge in [0, 0.05) is 22.1 Å². The number of rotatable bonds is 4. The number of aryl methyl sites for hydroxylation is 3. The number of nitrogens with zero attached hydrogens (tertiary/aromatic N) is 2. The summed E-state index contributed by atoms with van der Waals surface area (Å²) in [5.74, 6) is -0.286. The monoisotopic (exact) mass is 450 g/mol. The third-order valence-corrected chi connectivity index (χ3v) is 6.66. The standard InChI is InChI=1S/C25H23ClN2O2S/c1-15-9-16(2)11-21(10-15)28-17(3)12-20(18(28)4)13-23-24(29)27(25(30)31-23)14-19-7-5-6-8-22(19)26/h5-13H,14H2,1-4H3/b23-13-. The summed E-state index contributed by atoms with van der Waals surface area (Å²) in [6, 6.07) is 15.7. The predicted molar refractivity (Wildman–Crippen MR) is 128 cm³/mol. The van der Waals surface area contributed by atoms with Gasteiger partial charge in [0.1, 0.15) is 0 Å². The number of carbonyl (C=O) groups is 2. The van der Waals surface area contributed by atoms with Crippen LogP contribution in [-0.4, -0.2) is 20.6 Å². The molecule has 2 amide bonds. The largest absolute Gasteiger partial charge is 0.318 e. The Bertz CT molecular complexity index is 1220. The first kappa shape index (κ1) is 21.5. The number of hydrogen-bond acceptors (Lipinski definition) is 3. The van der Waals surface area contributed by atoms with Crippen molar-refractivity contribution in [3.05, 3.63) is 92.1 Å². The maximum absolute atomic E-state index is 13.0. The van der Waals surface area contributed by atoms with Gasteiger partial charge in [0.05, 0.1) is 11.4 Å². The van der Waals surface area contributed by atoms with Crippen LogP contribution in [0.2, 0.25) is 5.02 Å². The number of hydrogen-bond donors (Lipinski definition) is 0. The van der Waals surface area contributed by atoms with Crippen LogP contribution in [0.5, 0.6) is 0 Å². The second kappa shape index (κ2) is 8.40. The summed E-state index contributed by atoms with van der Waals surface area (Å²) in [7, 11) is 0. The van der Waals surface area contributed by atoms with E-state index in [9.17, 15) is 9.59 Å². The van der Waals surface area contributed by atoms with Crippen LogP contribution in [0.4, 0.5) is 4.79 Å². The molecule has 1 aliphatic rings. The Morgan fingerprint density at radius 1 is 0.968 bits per heavy atom. The normalized spacial score (nSPS) is 15.4. The van der Waals surface area contributed by atoms with Crippen molar-refractivity contribution in [3.8, 4) is 5.69 Å². The molecule has 1 aromatic heterocycles. The summed E-state index contributed by atoms with van der Waals surface area (Å²) in [4.78, 5) is 27.2. The van der Waals surface area contributed by atoms with E-state index in [1.807, 2.05) is 38.1 Å². The van der Waals surface area contributed by atoms with E-state index in [-0.39, 0.29) is 17.7 Å². The van der Waals surface area contributed by atoms with E-state index in [2.05, 4.69) is 42.7 Å². The zero-order chi connectivity index (χ0) is 22.3. The molecule has 1 saturated heterocycles. The van der Waals surface area contributed by atoms with E-state index in [4.69, 9.17) is 11.6 Å². The van der Waals surface area contributed by atoms with Crippen molar-refractivity contribution in [2.24, 2.45) is 0 Å². The number of halogens is 1. The number of thioether (sulfide) groups is 1. The van der Waals surface area contributed by atoms with Crippen LogP contribution in [0, 0.1) is 27.7 Å². The van der Waals surface area contributed by atoms with Crippen LogP contribution in [-0.2, 0) is 11.3 Å². The topological polar surface area (TPSA) is 42.3 Å². The van der Waals surface area contributed by atoms with Gasteiger partial charge in [0.15, 0.2) is 0 Å². The molecule has 0 saturated carbocycles. The average molecular weight is 451 g/mol. The van der Waals surface area contributed by atoms with Crippen LogP contribution in [0.25, 0.3) is 11.8 Å². The lowest BCUT2D eigenvalue weighted by atomic mass is 10.1. The third-order valence-electron chi connectivity index (χ3n) is 5.38. The Balaban J connectivity index is 1.66. The second-order valence-electron chi connectivity index (χ2n) is 7.87. The predicted octanol–water partition coefficient (Wildman–Crippen LogP) is 6.60. The van der Waals surface area contributed by atoms with Crippen LogP contribution in [0.3, 0.4) is 0 Å². The Hall–Kier alpha value is -2.76. The lowest BCUT2D eigenvalue weighted by Gasteiger charge is -2.13. The highest BCUT2D eigenvalue weighted by atomic mass is 35.5. The van der Waals surface area contributed by atoms with Gasteiger partial charge in [0.25, 0.3) is 11.1 Å². The molecule has 0 bridgehead atoms. The Labute approximate surface area is 191 Å². The molecule has 0 atom stereocenters. The summed E-state index contributed by atoms with van der Waals surface area (Å²) in [6.45, 7) is 8.42. The van der Waals surface area contributed by atoms with Crippen LogP contribution < -0.4 is 0 Å². The number of amides is 2. The van der Waals surface area contributed by atoms with Gasteiger partial charge in [-0.1, -0.05) is 35.9 Å². The molecule has 0 N–H and O–H groups in total. The third kappa shape index (κ3) is 4.21. The van der Waals surface area contributed by atoms with Gasteiger partial charge in [0.2, 0.25) is 0 Å². The summed E-state index contributed by atoms with van der Waals surface area (Å²) >= 11 is 7.18. The molecule has 4 rings (SSSR count). The van der Waals surface area contributed by atoms with E-state index in [1.54, 1.807) is 6.07 Å². The van der Waals surface area contributed by atoms with Gasteiger partial charge in [-0.15, -0.1) is 0 Å². The second-order valence-corrected chi connectivity index (χ2v) is 9.27. The maximum atomic E-state index is 13.0. The first-order valence-electron chi connectivity index (χ1n) is 10.0. The van der Waals surface area contributed by atoms with Crippen molar-refractivity contribution in [1.82, 2.24) is 9.47 Å². The molecular weight excluding hydrogens is 428 g/mol. The summed E-state index contributed by atoms with van der Waals surface area (Å²) < 4.78 is 2.18. The lowest BCUT2D eigenvalue weighted by Crippen LogP contribution is -2.27. The molecule has 2 heterocycles. The fraction of sp³-hybridized carbons (Fsp3) is 0.200. The van der Waals surface area contributed by atoms with Crippen LogP contribution in [0.1, 0.15) is 33.6 Å². The van der Waals surface area contributed by atoms with Crippen molar-refractivity contribution in [2.45, 2.75) is 34.2 Å². The summed E-state index contributed by atoms with van der Waals surface area (Å²) in [5, 5.41) is 0.266. The Morgan fingerprint density at radius 3 is 2.32 bits per heavy atom. The van der Waals surface area contributed by atoms with E-state index < -0.39 is 0 Å². The fourth-order valence-electron chi connectivity index (χ4n) is 3.99. The highest BCUT2D eigenvalue weighted by Gasteiger charge is 2.35. The van der Waals surface area contributed by atoms with Gasteiger partial charge >= 0.3 is 0 Å². The van der Waals surface area contributed by atoms with Crippen LogP contribution >= 0.6 is 23.4 Å². The van der Waals surface area contributed by atoms with Crippen molar-refractivity contribution in [2.75, 3.05) is 0 Å². The molecule has 0 radical (unpaired) electrons. The summed E-state index contributed by atoms with van der Waals surface area (Å²) in [5.41, 5.74) is 7.28. The minimum atomic E-state index is -0.286. The van der Waals surface area contributed by atoms with Gasteiger partial charge in [-0.3, -0.25) is 14.5 Å². The minimum absolute atomic E-state index is 0.170. The molecule has 1 fully saturated rings. The fourth-order valence-corrected chi connectivity index (χ4v) is 5.01. The molecule has 1 aliphatic heterocycles. The highest BCUT2D eigenvalue weighted by molar-refractivity contribution is 8.18. The zero-order valence-corrected chi connectivity index (χ0v) is 19.5. The first-order chi connectivity index (χ1) is 14.7. The van der Waals surface area contributed by atoms with Crippen molar-refractivity contribution in [3.63, 3.8) is 0 Å². The first-order valence-corrected chi connectivity index (χ1v) is 11.2. The number of aromatic nitrogens is 1. The molecule has 2 aromatic carbocycles. The van der Waals surface area contributed by atoms with E-state index in [0.717, 1.165) is 40.0 Å². The molecule has 0 aliphatic carbocycles. The number of benzene rings is 2. The van der Waals surface area contributed by atoms with Crippen molar-refractivity contribution >= 4 is 40.6 Å². The van der Waals surface area contributed by atoms with Crippen molar-refractivity contribution < 1.29 is 9.59 Å². The zero-order valence-electron chi connectivity index (χ0n) is 17.9. The van der Waals surface area contributed by atoms with Gasteiger partial charge < -0.3 is 4.57 Å². The van der Waals surface area contributed by atoms with E-state index >= 15 is 0 Å². The molecule has 4 nitrogen and oxygen atoms in total. The maximum Gasteiger partial charge on any atom is 0.293 e. The van der Waals surface area contributed by atoms with E-state index in [0.29, 0.717) is 9.93 Å². The highest BCUT2D eigenvalue weighted by Crippen LogP contribution is 2.35. The number of carbonyl (C=O) groups excluding carboxylic acids is 2. The van der Waals surface area contributed by atoms with Gasteiger partial charge in [-0.2, -0.15) is 0 Å². The molecule has 158 valence electrons. The minimum Gasteiger partial charge on any atom is -0.318 e. The quantitative estimate of drug-likeness (QED) is 0.420. The molecule has 6 heteroatoms. The van der Waals surface area contributed by atoms with Crippen molar-refractivity contribution in [1.29, 1.82) is 0 Å². The molecule has 0 unspecified atom stereocenters. The molecule has 0 spiro atoms. The SMILES string of the molecule is Cc1cc(C)cc(-n2c(C)cc(/C=C3\SC(=O)N(Cc4ccccc4Cl)C3=O)c2C)c1. The number of imide groups is 1. The van der Waals surface area contributed by atoms with Crippen LogP contribution in [0.15, 0.2) is 53.4 Å². The summed E-state index contributed by atoms with van der Waals surface area (Å²) in [6.07, 6.45) is 1.82. The average Bonchev–Trinajstić information content (AvgIpc) is 3.12. The van der Waals surface area contributed by atoms with Gasteiger partial charge in [-0.05, 0) is 92.1 Å². The molecule has 31 heavy (non-hydrogen) atoms. The lowest BCUT2D eigenvalue weighted by molar-refractivity contribution is -0.123. The molecular formula is C25H23ClN2O2S. The molecule has 3 aromatic rings. The Morgan fingerprint density at radius 2 is 1.65 bits per heavy atom.